The number of carboxylic acid groups (broad SMARTS) is 1. The minimum Gasteiger partial charge on any atom is -0.478 e. The number of anilines is 1. The van der Waals surface area contributed by atoms with Crippen LogP contribution in [-0.2, 0) is 16.6 Å². The van der Waals surface area contributed by atoms with Crippen LogP contribution in [0.3, 0.4) is 0 Å². The zero-order valence-corrected chi connectivity index (χ0v) is 15.6. The highest BCUT2D eigenvalue weighted by Crippen LogP contribution is 2.39. The van der Waals surface area contributed by atoms with E-state index in [1.807, 2.05) is 30.3 Å². The summed E-state index contributed by atoms with van der Waals surface area (Å²) in [5, 5.41) is 12.4. The second-order valence-corrected chi connectivity index (χ2v) is 8.37. The number of benzene rings is 3. The topological polar surface area (TPSA) is 86.7 Å². The van der Waals surface area contributed by atoms with E-state index in [2.05, 4.69) is 5.32 Å². The highest BCUT2D eigenvalue weighted by Gasteiger charge is 2.38. The maximum absolute atomic E-state index is 13.4. The van der Waals surface area contributed by atoms with Crippen LogP contribution in [0.2, 0.25) is 0 Å². The van der Waals surface area contributed by atoms with Gasteiger partial charge in [0.15, 0.2) is 0 Å². The van der Waals surface area contributed by atoms with Crippen molar-refractivity contribution in [2.24, 2.45) is 0 Å². The third-order valence-electron chi connectivity index (χ3n) is 4.71. The number of nitrogens with one attached hydrogen (secondary N) is 1. The normalized spacial score (nSPS) is 18.1. The Morgan fingerprint density at radius 3 is 2.25 bits per heavy atom. The van der Waals surface area contributed by atoms with Gasteiger partial charge in [-0.25, -0.2) is 13.2 Å². The van der Waals surface area contributed by atoms with Crippen molar-refractivity contribution in [1.82, 2.24) is 4.31 Å². The molecule has 4 rings (SSSR count). The molecule has 142 valence electrons. The van der Waals surface area contributed by atoms with Gasteiger partial charge in [-0.05, 0) is 35.4 Å². The van der Waals surface area contributed by atoms with Crippen molar-refractivity contribution in [3.63, 3.8) is 0 Å². The molecule has 0 unspecified atom stereocenters. The maximum Gasteiger partial charge on any atom is 0.335 e. The molecule has 0 radical (unpaired) electrons. The fourth-order valence-corrected chi connectivity index (χ4v) is 4.97. The summed E-state index contributed by atoms with van der Waals surface area (Å²) in [5.41, 5.74) is 2.20. The first-order valence-electron chi connectivity index (χ1n) is 8.71. The summed E-state index contributed by atoms with van der Waals surface area (Å²) in [6.45, 7) is 0.190. The number of rotatable bonds is 4. The molecule has 0 bridgehead atoms. The predicted molar refractivity (Wildman–Crippen MR) is 105 cm³/mol. The lowest BCUT2D eigenvalue weighted by Crippen LogP contribution is -2.42. The number of fused-ring (bicyclic) bond motifs is 1. The van der Waals surface area contributed by atoms with Gasteiger partial charge in [-0.3, -0.25) is 0 Å². The molecule has 3 aromatic rings. The second kappa shape index (κ2) is 7.10. The van der Waals surface area contributed by atoms with Crippen molar-refractivity contribution in [2.75, 3.05) is 5.32 Å². The summed E-state index contributed by atoms with van der Waals surface area (Å²) in [7, 11) is -3.75. The molecule has 6 nitrogen and oxygen atoms in total. The van der Waals surface area contributed by atoms with Gasteiger partial charge in [0.1, 0.15) is 11.1 Å². The molecular weight excluding hydrogens is 376 g/mol. The molecule has 1 aliphatic rings. The van der Waals surface area contributed by atoms with Gasteiger partial charge in [-0.2, -0.15) is 4.31 Å². The fourth-order valence-electron chi connectivity index (χ4n) is 3.29. The van der Waals surface area contributed by atoms with E-state index >= 15 is 0 Å². The molecule has 0 saturated carbocycles. The van der Waals surface area contributed by atoms with E-state index in [-0.39, 0.29) is 17.0 Å². The minimum absolute atomic E-state index is 0.150. The summed E-state index contributed by atoms with van der Waals surface area (Å²) in [6, 6.07) is 22.4. The number of para-hydroxylation sites is 1. The first-order chi connectivity index (χ1) is 13.5. The molecule has 1 atom stereocenters. The van der Waals surface area contributed by atoms with Crippen LogP contribution in [0.1, 0.15) is 27.7 Å². The molecule has 0 fully saturated rings. The molecule has 1 heterocycles. The summed E-state index contributed by atoms with van der Waals surface area (Å²) in [6.07, 6.45) is -0.650. The Morgan fingerprint density at radius 2 is 1.57 bits per heavy atom. The van der Waals surface area contributed by atoms with Crippen LogP contribution >= 0.6 is 0 Å². The third-order valence-corrected chi connectivity index (χ3v) is 6.58. The van der Waals surface area contributed by atoms with Gasteiger partial charge in [0.2, 0.25) is 10.0 Å². The molecule has 0 aliphatic carbocycles. The van der Waals surface area contributed by atoms with Crippen LogP contribution in [-0.4, -0.2) is 23.8 Å². The molecule has 0 amide bonds. The molecule has 1 aliphatic heterocycles. The number of carboxylic acids is 1. The van der Waals surface area contributed by atoms with Crippen molar-refractivity contribution in [3.8, 4) is 0 Å². The Morgan fingerprint density at radius 1 is 0.929 bits per heavy atom. The van der Waals surface area contributed by atoms with Crippen LogP contribution in [0.5, 0.6) is 0 Å². The van der Waals surface area contributed by atoms with Crippen LogP contribution in [0.4, 0.5) is 5.69 Å². The fraction of sp³-hybridized carbons (Fsp3) is 0.0952. The van der Waals surface area contributed by atoms with E-state index in [0.29, 0.717) is 11.3 Å². The van der Waals surface area contributed by atoms with E-state index in [1.165, 1.54) is 16.4 Å². The Hall–Kier alpha value is -3.16. The first kappa shape index (κ1) is 18.2. The van der Waals surface area contributed by atoms with Crippen molar-refractivity contribution in [2.45, 2.75) is 17.6 Å². The molecule has 0 aromatic heterocycles. The van der Waals surface area contributed by atoms with Crippen molar-refractivity contribution in [3.05, 3.63) is 95.6 Å². The van der Waals surface area contributed by atoms with Crippen molar-refractivity contribution < 1.29 is 18.3 Å². The van der Waals surface area contributed by atoms with Crippen molar-refractivity contribution >= 4 is 21.7 Å². The summed E-state index contributed by atoms with van der Waals surface area (Å²) in [5.74, 6) is -1.03. The third kappa shape index (κ3) is 3.26. The van der Waals surface area contributed by atoms with Crippen LogP contribution in [0, 0.1) is 0 Å². The number of carbonyl (C=O) groups is 1. The molecule has 3 aromatic carbocycles. The lowest BCUT2D eigenvalue weighted by molar-refractivity contribution is 0.0697. The van der Waals surface area contributed by atoms with Crippen LogP contribution in [0.15, 0.2) is 83.8 Å². The molecule has 0 saturated heterocycles. The Kier molecular flexibility index (Phi) is 4.62. The van der Waals surface area contributed by atoms with Gasteiger partial charge < -0.3 is 10.4 Å². The summed E-state index contributed by atoms with van der Waals surface area (Å²) < 4.78 is 28.1. The smallest absolute Gasteiger partial charge is 0.335 e. The SMILES string of the molecule is O=C(O)c1ccc([C@H]2Nc3ccccc3S(=O)(=O)N2Cc2ccccc2)cc1. The molecule has 28 heavy (non-hydrogen) atoms. The van der Waals surface area contributed by atoms with E-state index in [9.17, 15) is 13.2 Å². The van der Waals surface area contributed by atoms with Gasteiger partial charge in [0.05, 0.1) is 11.3 Å². The van der Waals surface area contributed by atoms with Gasteiger partial charge in [0, 0.05) is 6.54 Å². The quantitative estimate of drug-likeness (QED) is 0.705. The van der Waals surface area contributed by atoms with Gasteiger partial charge in [-0.1, -0.05) is 54.6 Å². The molecular formula is C21H18N2O4S. The average Bonchev–Trinajstić information content (AvgIpc) is 2.71. The highest BCUT2D eigenvalue weighted by atomic mass is 32.2. The monoisotopic (exact) mass is 394 g/mol. The predicted octanol–water partition coefficient (Wildman–Crippen LogP) is 3.70. The number of aromatic carboxylic acids is 1. The standard InChI is InChI=1S/C21H18N2O4S/c24-21(25)17-12-10-16(11-13-17)20-22-18-8-4-5-9-19(18)28(26,27)23(20)14-15-6-2-1-3-7-15/h1-13,20,22H,14H2,(H,24,25)/t20-/m0/s1. The van der Waals surface area contributed by atoms with Gasteiger partial charge in [0.25, 0.3) is 0 Å². The molecule has 0 spiro atoms. The minimum atomic E-state index is -3.75. The second-order valence-electron chi connectivity index (χ2n) is 6.51. The number of hydrogen-bond acceptors (Lipinski definition) is 4. The highest BCUT2D eigenvalue weighted by molar-refractivity contribution is 7.89. The van der Waals surface area contributed by atoms with Crippen LogP contribution in [0.25, 0.3) is 0 Å². The van der Waals surface area contributed by atoms with E-state index in [1.54, 1.807) is 36.4 Å². The molecule has 7 heteroatoms. The lowest BCUT2D eigenvalue weighted by Gasteiger charge is -2.37. The van der Waals surface area contributed by atoms with Gasteiger partial charge in [-0.15, -0.1) is 0 Å². The largest absolute Gasteiger partial charge is 0.478 e. The summed E-state index contributed by atoms with van der Waals surface area (Å²) >= 11 is 0. The van der Waals surface area contributed by atoms with Crippen LogP contribution < -0.4 is 5.32 Å². The zero-order valence-electron chi connectivity index (χ0n) is 14.8. The Labute approximate surface area is 163 Å². The number of hydrogen-bond donors (Lipinski definition) is 2. The Balaban J connectivity index is 1.81. The number of sulfonamides is 1. The van der Waals surface area contributed by atoms with Crippen molar-refractivity contribution in [1.29, 1.82) is 0 Å². The number of nitrogens with zero attached hydrogens (tertiary/aromatic N) is 1. The Bertz CT molecular complexity index is 1110. The maximum atomic E-state index is 13.4. The van der Waals surface area contributed by atoms with E-state index < -0.39 is 22.2 Å². The summed E-state index contributed by atoms with van der Waals surface area (Å²) in [4.78, 5) is 11.4. The van der Waals surface area contributed by atoms with E-state index in [4.69, 9.17) is 5.11 Å². The zero-order chi connectivity index (χ0) is 19.7. The van der Waals surface area contributed by atoms with E-state index in [0.717, 1.165) is 5.56 Å². The lowest BCUT2D eigenvalue weighted by atomic mass is 10.1. The molecule has 2 N–H and O–H groups in total. The average molecular weight is 394 g/mol. The first-order valence-corrected chi connectivity index (χ1v) is 10.2. The van der Waals surface area contributed by atoms with Gasteiger partial charge >= 0.3 is 5.97 Å².